The summed E-state index contributed by atoms with van der Waals surface area (Å²) in [5.74, 6) is 0.398. The molecule has 1 aliphatic rings. The molecule has 1 aromatic carbocycles. The van der Waals surface area contributed by atoms with E-state index < -0.39 is 42.5 Å². The molecule has 1 N–H and O–H groups in total. The second kappa shape index (κ2) is 8.08. The van der Waals surface area contributed by atoms with Crippen molar-refractivity contribution in [2.24, 2.45) is 0 Å². The fourth-order valence-electron chi connectivity index (χ4n) is 2.67. The van der Waals surface area contributed by atoms with Crippen molar-refractivity contribution in [2.45, 2.75) is 56.1 Å². The first-order chi connectivity index (χ1) is 12.8. The van der Waals surface area contributed by atoms with Gasteiger partial charge in [0.15, 0.2) is 0 Å². The monoisotopic (exact) mass is 427 g/mol. The predicted octanol–water partition coefficient (Wildman–Crippen LogP) is 2.68. The minimum atomic E-state index is -1.62. The lowest BCUT2D eigenvalue weighted by atomic mass is 9.87. The van der Waals surface area contributed by atoms with Crippen LogP contribution in [0.5, 0.6) is 5.75 Å². The Morgan fingerprint density at radius 2 is 1.96 bits per heavy atom. The van der Waals surface area contributed by atoms with Gasteiger partial charge in [-0.3, -0.25) is 10.1 Å². The largest absolute Gasteiger partial charge is 0.615 e. The van der Waals surface area contributed by atoms with E-state index in [0.717, 1.165) is 0 Å². The number of benzene rings is 1. The molecule has 1 aliphatic heterocycles. The molecule has 0 fully saturated rings. The number of rotatable bonds is 6. The zero-order valence-electron chi connectivity index (χ0n) is 16.6. The second-order valence-corrected chi connectivity index (χ2v) is 12.2. The highest BCUT2D eigenvalue weighted by Crippen LogP contribution is 2.42. The average Bonchev–Trinajstić information content (AvgIpc) is 2.60. The number of nitro groups is 1. The number of nitrogens with zero attached hydrogens (tertiary/aromatic N) is 2. The van der Waals surface area contributed by atoms with Crippen LogP contribution < -0.4 is 9.46 Å². The molecule has 10 heteroatoms. The average molecular weight is 428 g/mol. The van der Waals surface area contributed by atoms with Gasteiger partial charge in [-0.1, -0.05) is 0 Å². The van der Waals surface area contributed by atoms with Gasteiger partial charge in [-0.25, -0.2) is 0 Å². The van der Waals surface area contributed by atoms with Crippen LogP contribution in [0, 0.1) is 21.4 Å². The fraction of sp³-hybridized carbons (Fsp3) is 0.611. The molecule has 0 aromatic heterocycles. The molecule has 8 nitrogen and oxygen atoms in total. The summed E-state index contributed by atoms with van der Waals surface area (Å²) in [6, 6.07) is 6.26. The lowest BCUT2D eigenvalue weighted by molar-refractivity contribution is -0.385. The van der Waals surface area contributed by atoms with Crippen molar-refractivity contribution in [3.05, 3.63) is 33.9 Å². The third kappa shape index (κ3) is 4.72. The Balaban J connectivity index is 2.59. The van der Waals surface area contributed by atoms with Crippen LogP contribution in [0.4, 0.5) is 5.69 Å². The molecule has 0 spiro atoms. The maximum Gasteiger partial charge on any atom is 0.270 e. The summed E-state index contributed by atoms with van der Waals surface area (Å²) in [4.78, 5) is 10.8. The Morgan fingerprint density at radius 1 is 1.32 bits per heavy atom. The highest BCUT2D eigenvalue weighted by molar-refractivity contribution is 7.93. The van der Waals surface area contributed by atoms with Crippen LogP contribution in [0.15, 0.2) is 18.2 Å². The van der Waals surface area contributed by atoms with E-state index in [2.05, 4.69) is 4.72 Å². The van der Waals surface area contributed by atoms with Gasteiger partial charge >= 0.3 is 0 Å². The molecule has 2 rings (SSSR count). The number of nitriles is 1. The molecule has 0 bridgehead atoms. The van der Waals surface area contributed by atoms with E-state index in [1.807, 2.05) is 6.07 Å². The number of fused-ring (bicyclic) bond motifs is 1. The van der Waals surface area contributed by atoms with Crippen LogP contribution in [-0.2, 0) is 28.1 Å². The van der Waals surface area contributed by atoms with Gasteiger partial charge in [0.1, 0.15) is 27.9 Å². The van der Waals surface area contributed by atoms with Crippen LogP contribution in [0.25, 0.3) is 0 Å². The maximum atomic E-state index is 13.0. The standard InChI is InChI=1S/C18H25N3O5S2/c1-16(2,3)28(25)20-18(12-27(24)17(4,5)11-19)8-9-26-15-7-6-13(21(22)23)10-14(15)18/h6-7,10,20H,8-9,12H2,1-5H3/t18-,27?,28+/m0/s1. The van der Waals surface area contributed by atoms with Gasteiger partial charge in [-0.2, -0.15) is 5.26 Å². The molecule has 1 aromatic rings. The Labute approximate surface area is 171 Å². The lowest BCUT2D eigenvalue weighted by Crippen LogP contribution is -2.58. The van der Waals surface area contributed by atoms with Crippen LogP contribution in [0.3, 0.4) is 0 Å². The van der Waals surface area contributed by atoms with Gasteiger partial charge in [0.2, 0.25) is 4.75 Å². The van der Waals surface area contributed by atoms with Gasteiger partial charge in [0, 0.05) is 35.5 Å². The fourth-order valence-corrected chi connectivity index (χ4v) is 4.99. The van der Waals surface area contributed by atoms with E-state index in [0.29, 0.717) is 17.7 Å². The second-order valence-electron chi connectivity index (χ2n) is 8.21. The van der Waals surface area contributed by atoms with Gasteiger partial charge in [0.25, 0.3) is 5.69 Å². The number of hydrogen-bond donors (Lipinski definition) is 1. The third-order valence-electron chi connectivity index (χ3n) is 4.54. The first-order valence-corrected chi connectivity index (χ1v) is 11.2. The Bertz CT molecular complexity index is 790. The number of hydrogen-bond acceptors (Lipinski definition) is 7. The number of ether oxygens (including phenoxy) is 1. The van der Waals surface area contributed by atoms with E-state index in [1.165, 1.54) is 18.2 Å². The quantitative estimate of drug-likeness (QED) is 0.419. The van der Waals surface area contributed by atoms with Gasteiger partial charge < -0.3 is 13.8 Å². The molecule has 154 valence electrons. The number of nitro benzene ring substituents is 1. The van der Waals surface area contributed by atoms with Gasteiger partial charge in [-0.05, 0) is 51.9 Å². The van der Waals surface area contributed by atoms with Crippen molar-refractivity contribution in [3.8, 4) is 11.8 Å². The Hall–Kier alpha value is -1.51. The summed E-state index contributed by atoms with van der Waals surface area (Å²) >= 11 is -3.16. The smallest absolute Gasteiger partial charge is 0.270 e. The summed E-state index contributed by atoms with van der Waals surface area (Å²) in [6.07, 6.45) is 0.316. The normalized spacial score (nSPS) is 21.8. The summed E-state index contributed by atoms with van der Waals surface area (Å²) in [7, 11) is 0. The first kappa shape index (κ1) is 22.8. The molecular formula is C18H25N3O5S2. The Kier molecular flexibility index (Phi) is 6.57. The molecule has 28 heavy (non-hydrogen) atoms. The van der Waals surface area contributed by atoms with E-state index >= 15 is 0 Å². The summed E-state index contributed by atoms with van der Waals surface area (Å²) < 4.78 is 32.9. The molecule has 0 radical (unpaired) electrons. The van der Waals surface area contributed by atoms with Crippen molar-refractivity contribution in [1.29, 1.82) is 5.26 Å². The summed E-state index contributed by atoms with van der Waals surface area (Å²) in [5, 5.41) is 20.7. The maximum absolute atomic E-state index is 13.0. The third-order valence-corrected chi connectivity index (χ3v) is 8.21. The minimum Gasteiger partial charge on any atom is -0.615 e. The molecule has 1 heterocycles. The van der Waals surface area contributed by atoms with E-state index in [4.69, 9.17) is 4.74 Å². The highest BCUT2D eigenvalue weighted by atomic mass is 32.2. The molecule has 0 amide bonds. The lowest BCUT2D eigenvalue weighted by Gasteiger charge is -2.41. The van der Waals surface area contributed by atoms with E-state index in [-0.39, 0.29) is 18.0 Å². The van der Waals surface area contributed by atoms with Crippen molar-refractivity contribution >= 4 is 28.2 Å². The van der Waals surface area contributed by atoms with Crippen molar-refractivity contribution in [1.82, 2.24) is 4.72 Å². The van der Waals surface area contributed by atoms with Crippen molar-refractivity contribution < 1.29 is 18.8 Å². The molecule has 0 aliphatic carbocycles. The number of non-ortho nitro benzene ring substituents is 1. The SMILES string of the molecule is CC(C)(C#N)[S+]([O-])C[C@@]1(N[S@+]([O-])C(C)(C)C)CCOc2ccc([N+](=O)[O-])cc21. The van der Waals surface area contributed by atoms with Crippen molar-refractivity contribution in [2.75, 3.05) is 12.4 Å². The molecular weight excluding hydrogens is 402 g/mol. The van der Waals surface area contributed by atoms with Crippen LogP contribution in [-0.4, -0.2) is 35.9 Å². The molecule has 1 unspecified atom stereocenters. The van der Waals surface area contributed by atoms with Gasteiger partial charge in [0.05, 0.1) is 11.5 Å². The molecule has 0 saturated heterocycles. The Morgan fingerprint density at radius 3 is 2.50 bits per heavy atom. The van der Waals surface area contributed by atoms with Crippen LogP contribution >= 0.6 is 0 Å². The van der Waals surface area contributed by atoms with Crippen LogP contribution in [0.2, 0.25) is 0 Å². The van der Waals surface area contributed by atoms with E-state index in [9.17, 15) is 24.5 Å². The van der Waals surface area contributed by atoms with Gasteiger partial charge in [-0.15, -0.1) is 4.72 Å². The zero-order chi connectivity index (χ0) is 21.3. The summed E-state index contributed by atoms with van der Waals surface area (Å²) in [5.41, 5.74) is -0.786. The topological polar surface area (TPSA) is 134 Å². The zero-order valence-corrected chi connectivity index (χ0v) is 18.2. The first-order valence-electron chi connectivity index (χ1n) is 8.73. The predicted molar refractivity (Wildman–Crippen MR) is 109 cm³/mol. The van der Waals surface area contributed by atoms with Crippen molar-refractivity contribution in [3.63, 3.8) is 0 Å². The minimum absolute atomic E-state index is 0.0209. The van der Waals surface area contributed by atoms with Crippen LogP contribution in [0.1, 0.15) is 46.6 Å². The van der Waals surface area contributed by atoms with E-state index in [1.54, 1.807) is 34.6 Å². The molecule has 3 atom stereocenters. The molecule has 0 saturated carbocycles. The summed E-state index contributed by atoms with van der Waals surface area (Å²) in [6.45, 7) is 8.81. The number of nitrogens with one attached hydrogen (secondary N) is 1. The highest BCUT2D eigenvalue weighted by Gasteiger charge is 2.50.